The van der Waals surface area contributed by atoms with E-state index in [4.69, 9.17) is 0 Å². The second-order valence-corrected chi connectivity index (χ2v) is 9.84. The number of halogens is 1. The average Bonchev–Trinajstić information content (AvgIpc) is 3.38. The molecule has 8 heteroatoms. The van der Waals surface area contributed by atoms with Gasteiger partial charge in [0.05, 0.1) is 17.9 Å². The third-order valence-corrected chi connectivity index (χ3v) is 7.10. The van der Waals surface area contributed by atoms with Crippen molar-refractivity contribution in [2.24, 2.45) is 5.92 Å². The van der Waals surface area contributed by atoms with Crippen LogP contribution in [0.15, 0.2) is 42.7 Å². The van der Waals surface area contributed by atoms with Crippen molar-refractivity contribution in [3.63, 3.8) is 0 Å². The number of nitrogens with one attached hydrogen (secondary N) is 3. The van der Waals surface area contributed by atoms with Crippen LogP contribution in [0.1, 0.15) is 39.5 Å². The van der Waals surface area contributed by atoms with Gasteiger partial charge in [-0.3, -0.25) is 5.10 Å². The van der Waals surface area contributed by atoms with Crippen LogP contribution in [0.4, 0.5) is 10.2 Å². The zero-order valence-electron chi connectivity index (χ0n) is 18.4. The molecule has 4 heterocycles. The molecule has 0 saturated carbocycles. The van der Waals surface area contributed by atoms with E-state index in [0.29, 0.717) is 17.1 Å². The number of alkyl halides is 1. The van der Waals surface area contributed by atoms with Crippen LogP contribution in [-0.2, 0) is 0 Å². The molecule has 2 aromatic heterocycles. The number of aromatic hydroxyl groups is 1. The van der Waals surface area contributed by atoms with Crippen LogP contribution >= 0.6 is 0 Å². The Kier molecular flexibility index (Phi) is 5.12. The molecule has 3 aromatic rings. The Morgan fingerprint density at radius 1 is 1.12 bits per heavy atom. The molecule has 0 aliphatic carbocycles. The van der Waals surface area contributed by atoms with Crippen molar-refractivity contribution >= 4 is 5.82 Å². The van der Waals surface area contributed by atoms with E-state index in [1.54, 1.807) is 30.6 Å². The summed E-state index contributed by atoms with van der Waals surface area (Å²) in [5, 5.41) is 32.8. The summed E-state index contributed by atoms with van der Waals surface area (Å²) in [7, 11) is 0. The molecule has 0 radical (unpaired) electrons. The van der Waals surface area contributed by atoms with Crippen LogP contribution in [0.25, 0.3) is 22.4 Å². The summed E-state index contributed by atoms with van der Waals surface area (Å²) < 4.78 is 14.0. The lowest BCUT2D eigenvalue weighted by molar-refractivity contribution is 0.148. The molecule has 2 aliphatic rings. The Labute approximate surface area is 186 Å². The molecule has 5 rings (SSSR count). The maximum Gasteiger partial charge on any atom is 0.148 e. The number of piperidine rings is 1. The summed E-state index contributed by atoms with van der Waals surface area (Å²) in [5.74, 6) is 0.902. The fourth-order valence-electron chi connectivity index (χ4n) is 5.59. The first-order chi connectivity index (χ1) is 15.4. The lowest BCUT2D eigenvalue weighted by Crippen LogP contribution is -2.56. The molecule has 4 N–H and O–H groups in total. The first kappa shape index (κ1) is 20.9. The van der Waals surface area contributed by atoms with Crippen molar-refractivity contribution in [1.29, 1.82) is 0 Å². The van der Waals surface area contributed by atoms with Crippen LogP contribution < -0.4 is 10.6 Å². The topological polar surface area (TPSA) is 98.8 Å². The van der Waals surface area contributed by atoms with E-state index in [-0.39, 0.29) is 28.8 Å². The molecular weight excluding hydrogens is 407 g/mol. The Bertz CT molecular complexity index is 1070. The van der Waals surface area contributed by atoms with Gasteiger partial charge in [-0.05, 0) is 75.3 Å². The van der Waals surface area contributed by atoms with E-state index in [0.717, 1.165) is 36.8 Å². The average molecular weight is 437 g/mol. The molecule has 2 fully saturated rings. The number of phenols is 1. The maximum atomic E-state index is 14.0. The monoisotopic (exact) mass is 436 g/mol. The molecule has 32 heavy (non-hydrogen) atoms. The summed E-state index contributed by atoms with van der Waals surface area (Å²) >= 11 is 0. The fraction of sp³-hybridized carbons (Fsp3) is 0.458. The molecule has 0 spiro atoms. The Hall–Kier alpha value is -3.00. The minimum absolute atomic E-state index is 0.0858. The number of fused-ring (bicyclic) bond motifs is 2. The van der Waals surface area contributed by atoms with Gasteiger partial charge in [-0.1, -0.05) is 6.07 Å². The third kappa shape index (κ3) is 3.95. The highest BCUT2D eigenvalue weighted by atomic mass is 19.1. The van der Waals surface area contributed by atoms with Crippen LogP contribution in [-0.4, -0.2) is 49.3 Å². The van der Waals surface area contributed by atoms with E-state index < -0.39 is 6.67 Å². The summed E-state index contributed by atoms with van der Waals surface area (Å²) in [4.78, 5) is 0. The van der Waals surface area contributed by atoms with Crippen molar-refractivity contribution in [2.75, 3.05) is 12.0 Å². The number of aromatic amines is 1. The van der Waals surface area contributed by atoms with Gasteiger partial charge in [0.15, 0.2) is 0 Å². The quantitative estimate of drug-likeness (QED) is 0.460. The van der Waals surface area contributed by atoms with Gasteiger partial charge in [0.2, 0.25) is 0 Å². The van der Waals surface area contributed by atoms with Gasteiger partial charge in [-0.15, -0.1) is 10.2 Å². The molecule has 2 aliphatic heterocycles. The molecule has 3 unspecified atom stereocenters. The lowest BCUT2D eigenvalue weighted by Gasteiger charge is -2.44. The smallest absolute Gasteiger partial charge is 0.148 e. The van der Waals surface area contributed by atoms with E-state index in [1.165, 1.54) is 0 Å². The van der Waals surface area contributed by atoms with Gasteiger partial charge in [-0.25, -0.2) is 4.39 Å². The van der Waals surface area contributed by atoms with Crippen molar-refractivity contribution in [1.82, 2.24) is 25.7 Å². The van der Waals surface area contributed by atoms with E-state index in [9.17, 15) is 9.50 Å². The zero-order chi connectivity index (χ0) is 22.3. The predicted octanol–water partition coefficient (Wildman–Crippen LogP) is 4.30. The molecule has 0 amide bonds. The molecule has 1 aromatic carbocycles. The van der Waals surface area contributed by atoms with Crippen molar-refractivity contribution in [3.05, 3.63) is 42.7 Å². The normalized spacial score (nSPS) is 27.9. The standard InChI is InChI=1S/C24H29FN6O/c1-23-7-8-24(2,31-23)11-16(10-23)20(12-25)28-22-6-5-19(29-30-22)18-4-3-15(9-21(18)32)17-13-26-27-14-17/h3-6,9,13-14,16,20,31-32H,7-8,10-12H2,1-2H3,(H,26,27)(H,28,30). The minimum Gasteiger partial charge on any atom is -0.507 e. The molecule has 7 nitrogen and oxygen atoms in total. The van der Waals surface area contributed by atoms with Gasteiger partial charge in [0.1, 0.15) is 18.2 Å². The second-order valence-electron chi connectivity index (χ2n) is 9.84. The number of H-pyrrole nitrogens is 1. The largest absolute Gasteiger partial charge is 0.507 e. The number of phenolic OH excluding ortho intramolecular Hbond substituents is 1. The number of nitrogens with zero attached hydrogens (tertiary/aromatic N) is 3. The third-order valence-electron chi connectivity index (χ3n) is 7.10. The lowest BCUT2D eigenvalue weighted by atomic mass is 9.77. The highest BCUT2D eigenvalue weighted by Crippen LogP contribution is 2.46. The Balaban J connectivity index is 1.30. The number of anilines is 1. The van der Waals surface area contributed by atoms with Gasteiger partial charge >= 0.3 is 0 Å². The predicted molar refractivity (Wildman–Crippen MR) is 122 cm³/mol. The van der Waals surface area contributed by atoms with Crippen LogP contribution in [0.2, 0.25) is 0 Å². The molecule has 2 bridgehead atoms. The fourth-order valence-corrected chi connectivity index (χ4v) is 5.59. The zero-order valence-corrected chi connectivity index (χ0v) is 18.4. The van der Waals surface area contributed by atoms with Crippen LogP contribution in [0.5, 0.6) is 5.75 Å². The van der Waals surface area contributed by atoms with E-state index in [1.807, 2.05) is 12.1 Å². The Morgan fingerprint density at radius 3 is 2.50 bits per heavy atom. The highest BCUT2D eigenvalue weighted by molar-refractivity contribution is 5.73. The summed E-state index contributed by atoms with van der Waals surface area (Å²) in [6.45, 7) is 4.05. The maximum absolute atomic E-state index is 14.0. The van der Waals surface area contributed by atoms with Crippen molar-refractivity contribution in [2.45, 2.75) is 56.7 Å². The van der Waals surface area contributed by atoms with Gasteiger partial charge in [0, 0.05) is 28.4 Å². The number of benzene rings is 1. The summed E-state index contributed by atoms with van der Waals surface area (Å²) in [6.07, 6.45) is 7.64. The minimum atomic E-state index is -0.448. The van der Waals surface area contributed by atoms with Gasteiger partial charge in [-0.2, -0.15) is 5.10 Å². The van der Waals surface area contributed by atoms with Crippen LogP contribution in [0, 0.1) is 5.92 Å². The second kappa shape index (κ2) is 7.85. The summed E-state index contributed by atoms with van der Waals surface area (Å²) in [5.41, 5.74) is 3.07. The molecule has 168 valence electrons. The number of rotatable bonds is 6. The van der Waals surface area contributed by atoms with Crippen molar-refractivity contribution in [3.8, 4) is 28.1 Å². The van der Waals surface area contributed by atoms with Crippen molar-refractivity contribution < 1.29 is 9.50 Å². The first-order valence-electron chi connectivity index (χ1n) is 11.1. The summed E-state index contributed by atoms with van der Waals surface area (Å²) in [6, 6.07) is 8.70. The number of hydrogen-bond donors (Lipinski definition) is 4. The molecule has 3 atom stereocenters. The number of aromatic nitrogens is 4. The van der Waals surface area contributed by atoms with E-state index >= 15 is 0 Å². The Morgan fingerprint density at radius 2 is 1.91 bits per heavy atom. The number of hydrogen-bond acceptors (Lipinski definition) is 6. The van der Waals surface area contributed by atoms with Gasteiger partial charge in [0.25, 0.3) is 0 Å². The van der Waals surface area contributed by atoms with Crippen LogP contribution in [0.3, 0.4) is 0 Å². The first-order valence-corrected chi connectivity index (χ1v) is 11.1. The van der Waals surface area contributed by atoms with Gasteiger partial charge < -0.3 is 15.7 Å². The molecule has 2 saturated heterocycles. The SMILES string of the molecule is CC12CCC(C)(CC(C(CF)Nc3ccc(-c4ccc(-c5cn[nH]c5)cc4O)nn3)C1)N2. The highest BCUT2D eigenvalue weighted by Gasteiger charge is 2.50. The molecular formula is C24H29FN6O. The van der Waals surface area contributed by atoms with E-state index in [2.05, 4.69) is 44.9 Å².